The summed E-state index contributed by atoms with van der Waals surface area (Å²) in [7, 11) is 0. The molecule has 1 rings (SSSR count). The van der Waals surface area contributed by atoms with E-state index in [2.05, 4.69) is 25.7 Å². The Morgan fingerprint density at radius 2 is 1.19 bits per heavy atom. The minimum atomic E-state index is 0.612. The molecule has 21 heavy (non-hydrogen) atoms. The van der Waals surface area contributed by atoms with Crippen molar-refractivity contribution in [3.8, 4) is 0 Å². The lowest BCUT2D eigenvalue weighted by Gasteiger charge is -2.21. The molecule has 2 heteroatoms. The molecule has 0 bridgehead atoms. The smallest absolute Gasteiger partial charge is 0.0474 e. The third kappa shape index (κ3) is 12.9. The molecule has 0 spiro atoms. The first-order valence-corrected chi connectivity index (χ1v) is 9.14. The number of nitrogens with zero attached hydrogens (tertiary/aromatic N) is 1. The zero-order chi connectivity index (χ0) is 15.8. The molecular weight excluding hydrogens is 278 g/mol. The number of rotatable bonds is 10. The molecule has 0 saturated heterocycles. The van der Waals surface area contributed by atoms with E-state index in [-0.39, 0.29) is 0 Å². The van der Waals surface area contributed by atoms with E-state index >= 15 is 0 Å². The Balaban J connectivity index is 0.000000423. The van der Waals surface area contributed by atoms with Gasteiger partial charge in [0.25, 0.3) is 0 Å². The van der Waals surface area contributed by atoms with Crippen molar-refractivity contribution >= 4 is 11.6 Å². The zero-order valence-electron chi connectivity index (χ0n) is 14.3. The minimum absolute atomic E-state index is 0.612. The van der Waals surface area contributed by atoms with E-state index in [4.69, 9.17) is 11.6 Å². The molecule has 0 N–H and O–H groups in total. The van der Waals surface area contributed by atoms with Crippen molar-refractivity contribution in [2.24, 2.45) is 0 Å². The summed E-state index contributed by atoms with van der Waals surface area (Å²) < 4.78 is 0. The maximum Gasteiger partial charge on any atom is 0.0474 e. The quantitative estimate of drug-likeness (QED) is 0.471. The first-order valence-electron chi connectivity index (χ1n) is 8.60. The standard InChI is InChI=1S/C12H27N.C7H7Cl/c1-4-7-10-13(11-8-5-2)12-9-6-3;8-6-7-4-2-1-3-5-7/h4-12H2,1-3H3;1-5H,6H2. The van der Waals surface area contributed by atoms with Crippen LogP contribution in [-0.4, -0.2) is 24.5 Å². The molecular formula is C19H34ClN. The highest BCUT2D eigenvalue weighted by Gasteiger charge is 2.01. The van der Waals surface area contributed by atoms with Gasteiger partial charge in [-0.05, 0) is 44.5 Å². The second kappa shape index (κ2) is 15.9. The number of benzene rings is 1. The van der Waals surface area contributed by atoms with Gasteiger partial charge in [-0.15, -0.1) is 11.6 Å². The third-order valence-corrected chi connectivity index (χ3v) is 3.79. The van der Waals surface area contributed by atoms with E-state index in [1.54, 1.807) is 0 Å². The van der Waals surface area contributed by atoms with Crippen LogP contribution in [0.15, 0.2) is 30.3 Å². The van der Waals surface area contributed by atoms with Gasteiger partial charge in [-0.3, -0.25) is 0 Å². The van der Waals surface area contributed by atoms with Crippen LogP contribution < -0.4 is 0 Å². The van der Waals surface area contributed by atoms with Crippen LogP contribution in [0.25, 0.3) is 0 Å². The van der Waals surface area contributed by atoms with Gasteiger partial charge < -0.3 is 4.90 Å². The van der Waals surface area contributed by atoms with Crippen molar-refractivity contribution in [3.05, 3.63) is 35.9 Å². The second-order valence-corrected chi connectivity index (χ2v) is 5.79. The van der Waals surface area contributed by atoms with Crippen molar-refractivity contribution in [1.29, 1.82) is 0 Å². The summed E-state index contributed by atoms with van der Waals surface area (Å²) in [4.78, 5) is 2.64. The van der Waals surface area contributed by atoms with Crippen LogP contribution in [-0.2, 0) is 5.88 Å². The second-order valence-electron chi connectivity index (χ2n) is 5.52. The van der Waals surface area contributed by atoms with Gasteiger partial charge in [-0.1, -0.05) is 70.4 Å². The van der Waals surface area contributed by atoms with Gasteiger partial charge in [0.05, 0.1) is 0 Å². The Labute approximate surface area is 137 Å². The number of unbranched alkanes of at least 4 members (excludes halogenated alkanes) is 3. The zero-order valence-corrected chi connectivity index (χ0v) is 15.0. The molecule has 1 aromatic rings. The molecule has 0 heterocycles. The Bertz CT molecular complexity index is 281. The Morgan fingerprint density at radius 1 is 0.762 bits per heavy atom. The molecule has 0 aromatic heterocycles. The number of hydrogen-bond acceptors (Lipinski definition) is 1. The number of halogens is 1. The maximum absolute atomic E-state index is 5.53. The van der Waals surface area contributed by atoms with Gasteiger partial charge in [0.15, 0.2) is 0 Å². The molecule has 0 fully saturated rings. The topological polar surface area (TPSA) is 3.24 Å². The Kier molecular flexibility index (Phi) is 15.5. The normalized spacial score (nSPS) is 10.3. The molecule has 1 nitrogen and oxygen atoms in total. The fraction of sp³-hybridized carbons (Fsp3) is 0.684. The maximum atomic E-state index is 5.53. The highest BCUT2D eigenvalue weighted by atomic mass is 35.5. The summed E-state index contributed by atoms with van der Waals surface area (Å²) in [5, 5.41) is 0. The summed E-state index contributed by atoms with van der Waals surface area (Å²) in [6.07, 6.45) is 8.09. The molecule has 0 aliphatic rings. The average molecular weight is 312 g/mol. The lowest BCUT2D eigenvalue weighted by molar-refractivity contribution is 0.261. The lowest BCUT2D eigenvalue weighted by atomic mass is 10.2. The number of hydrogen-bond donors (Lipinski definition) is 0. The van der Waals surface area contributed by atoms with Crippen LogP contribution in [0.4, 0.5) is 0 Å². The summed E-state index contributed by atoms with van der Waals surface area (Å²) in [6, 6.07) is 9.96. The fourth-order valence-corrected chi connectivity index (χ4v) is 2.23. The first-order chi connectivity index (χ1) is 10.3. The van der Waals surface area contributed by atoms with E-state index in [1.165, 1.54) is 63.7 Å². The van der Waals surface area contributed by atoms with E-state index < -0.39 is 0 Å². The van der Waals surface area contributed by atoms with E-state index in [0.29, 0.717) is 5.88 Å². The van der Waals surface area contributed by atoms with Crippen LogP contribution in [0.2, 0.25) is 0 Å². The first kappa shape index (κ1) is 20.5. The van der Waals surface area contributed by atoms with Crippen molar-refractivity contribution in [2.45, 2.75) is 65.2 Å². The van der Waals surface area contributed by atoms with E-state index in [1.807, 2.05) is 30.3 Å². The molecule has 0 aliphatic heterocycles. The van der Waals surface area contributed by atoms with E-state index in [9.17, 15) is 0 Å². The molecule has 0 atom stereocenters. The van der Waals surface area contributed by atoms with Gasteiger partial charge >= 0.3 is 0 Å². The van der Waals surface area contributed by atoms with Gasteiger partial charge in [0.1, 0.15) is 0 Å². The van der Waals surface area contributed by atoms with Crippen LogP contribution in [0.1, 0.15) is 64.9 Å². The SMILES string of the molecule is CCCCN(CCCC)CCCC.ClCc1ccccc1. The van der Waals surface area contributed by atoms with Gasteiger partial charge in [-0.25, -0.2) is 0 Å². The van der Waals surface area contributed by atoms with Gasteiger partial charge in [-0.2, -0.15) is 0 Å². The van der Waals surface area contributed by atoms with Crippen LogP contribution in [0.5, 0.6) is 0 Å². The Hall–Kier alpha value is -0.530. The van der Waals surface area contributed by atoms with E-state index in [0.717, 1.165) is 0 Å². The molecule has 0 aliphatic carbocycles. The van der Waals surface area contributed by atoms with Crippen molar-refractivity contribution in [2.75, 3.05) is 19.6 Å². The highest BCUT2D eigenvalue weighted by Crippen LogP contribution is 2.01. The van der Waals surface area contributed by atoms with Crippen LogP contribution in [0.3, 0.4) is 0 Å². The minimum Gasteiger partial charge on any atom is -0.303 e. The summed E-state index contributed by atoms with van der Waals surface area (Å²) in [6.45, 7) is 10.8. The molecule has 0 unspecified atom stereocenters. The Morgan fingerprint density at radius 3 is 1.48 bits per heavy atom. The molecule has 0 amide bonds. The summed E-state index contributed by atoms with van der Waals surface area (Å²) >= 11 is 5.53. The van der Waals surface area contributed by atoms with Crippen LogP contribution in [0, 0.1) is 0 Å². The average Bonchev–Trinajstić information content (AvgIpc) is 2.55. The highest BCUT2D eigenvalue weighted by molar-refractivity contribution is 6.17. The summed E-state index contributed by atoms with van der Waals surface area (Å²) in [5.74, 6) is 0.612. The van der Waals surface area contributed by atoms with Gasteiger partial charge in [0, 0.05) is 5.88 Å². The van der Waals surface area contributed by atoms with Crippen LogP contribution >= 0.6 is 11.6 Å². The lowest BCUT2D eigenvalue weighted by Crippen LogP contribution is -2.27. The molecule has 0 radical (unpaired) electrons. The fourth-order valence-electron chi connectivity index (χ4n) is 2.05. The predicted molar refractivity (Wildman–Crippen MR) is 97.2 cm³/mol. The molecule has 122 valence electrons. The molecule has 0 saturated carbocycles. The monoisotopic (exact) mass is 311 g/mol. The number of alkyl halides is 1. The predicted octanol–water partition coefficient (Wildman–Crippen LogP) is 6.11. The van der Waals surface area contributed by atoms with Crippen molar-refractivity contribution < 1.29 is 0 Å². The van der Waals surface area contributed by atoms with Crippen molar-refractivity contribution in [3.63, 3.8) is 0 Å². The summed E-state index contributed by atoms with van der Waals surface area (Å²) in [5.41, 5.74) is 1.18. The van der Waals surface area contributed by atoms with Gasteiger partial charge in [0.2, 0.25) is 0 Å². The largest absolute Gasteiger partial charge is 0.303 e. The van der Waals surface area contributed by atoms with Crippen molar-refractivity contribution in [1.82, 2.24) is 4.90 Å². The molecule has 1 aromatic carbocycles. The third-order valence-electron chi connectivity index (χ3n) is 3.48.